The predicted octanol–water partition coefficient (Wildman–Crippen LogP) is 1.58. The average molecular weight is 424 g/mol. The third-order valence-corrected chi connectivity index (χ3v) is 6.23. The zero-order valence-electron chi connectivity index (χ0n) is 15.5. The number of thioether (sulfide) groups is 1. The fourth-order valence-electron chi connectivity index (χ4n) is 2.96. The molecule has 1 aromatic carbocycles. The van der Waals surface area contributed by atoms with Crippen LogP contribution in [0.3, 0.4) is 0 Å². The molecule has 150 valence electrons. The van der Waals surface area contributed by atoms with Crippen molar-refractivity contribution in [3.05, 3.63) is 40.7 Å². The van der Waals surface area contributed by atoms with E-state index in [9.17, 15) is 14.0 Å². The SMILES string of the molecule is Cc1nnc(SCCNC(=O)CC2C(=O)NCCN2Cc2cccc(F)c2)s1. The Bertz CT molecular complexity index is 832. The summed E-state index contributed by atoms with van der Waals surface area (Å²) >= 11 is 3.06. The molecule has 7 nitrogen and oxygen atoms in total. The molecule has 1 atom stereocenters. The molecule has 0 aliphatic carbocycles. The van der Waals surface area contributed by atoms with E-state index in [0.29, 0.717) is 31.9 Å². The van der Waals surface area contributed by atoms with E-state index >= 15 is 0 Å². The van der Waals surface area contributed by atoms with Crippen LogP contribution in [0, 0.1) is 12.7 Å². The Morgan fingerprint density at radius 3 is 3.07 bits per heavy atom. The molecule has 1 fully saturated rings. The lowest BCUT2D eigenvalue weighted by Crippen LogP contribution is -2.56. The van der Waals surface area contributed by atoms with E-state index < -0.39 is 6.04 Å². The molecule has 2 aromatic rings. The summed E-state index contributed by atoms with van der Waals surface area (Å²) in [5.74, 6) is 0.0257. The number of rotatable bonds is 8. The molecule has 0 bridgehead atoms. The van der Waals surface area contributed by atoms with E-state index in [4.69, 9.17) is 0 Å². The van der Waals surface area contributed by atoms with Gasteiger partial charge in [0.05, 0.1) is 12.5 Å². The number of aromatic nitrogens is 2. The number of nitrogens with zero attached hydrogens (tertiary/aromatic N) is 3. The summed E-state index contributed by atoms with van der Waals surface area (Å²) in [7, 11) is 0. The molecule has 0 spiro atoms. The molecule has 2 amide bonds. The first kappa shape index (κ1) is 20.7. The lowest BCUT2D eigenvalue weighted by molar-refractivity contribution is -0.134. The van der Waals surface area contributed by atoms with E-state index in [1.165, 1.54) is 35.2 Å². The van der Waals surface area contributed by atoms with Crippen molar-refractivity contribution in [2.75, 3.05) is 25.4 Å². The minimum absolute atomic E-state index is 0.0731. The van der Waals surface area contributed by atoms with E-state index in [0.717, 1.165) is 14.9 Å². The van der Waals surface area contributed by atoms with Crippen LogP contribution in [0.15, 0.2) is 28.6 Å². The summed E-state index contributed by atoms with van der Waals surface area (Å²) in [5.41, 5.74) is 0.781. The van der Waals surface area contributed by atoms with Crippen LogP contribution in [0.1, 0.15) is 17.0 Å². The molecule has 0 saturated carbocycles. The topological polar surface area (TPSA) is 87.2 Å². The molecule has 2 heterocycles. The number of amides is 2. The molecule has 10 heteroatoms. The maximum absolute atomic E-state index is 13.4. The first-order chi connectivity index (χ1) is 13.5. The number of carbonyl (C=O) groups is 2. The smallest absolute Gasteiger partial charge is 0.237 e. The molecule has 28 heavy (non-hydrogen) atoms. The molecule has 3 rings (SSSR count). The lowest BCUT2D eigenvalue weighted by atomic mass is 10.1. The zero-order valence-corrected chi connectivity index (χ0v) is 17.1. The highest BCUT2D eigenvalue weighted by molar-refractivity contribution is 8.01. The Labute approximate surface area is 171 Å². The molecule has 1 saturated heterocycles. The zero-order chi connectivity index (χ0) is 19.9. The molecule has 0 radical (unpaired) electrons. The third-order valence-electron chi connectivity index (χ3n) is 4.25. The van der Waals surface area contributed by atoms with Gasteiger partial charge in [-0.2, -0.15) is 0 Å². The van der Waals surface area contributed by atoms with Crippen LogP contribution >= 0.6 is 23.1 Å². The first-order valence-corrected chi connectivity index (χ1v) is 10.8. The first-order valence-electron chi connectivity index (χ1n) is 8.97. The van der Waals surface area contributed by atoms with Gasteiger partial charge in [-0.1, -0.05) is 35.2 Å². The molecule has 1 aliphatic rings. The molecule has 1 aromatic heterocycles. The van der Waals surface area contributed by atoms with Crippen molar-refractivity contribution in [1.29, 1.82) is 0 Å². The van der Waals surface area contributed by atoms with Crippen LogP contribution in [0.2, 0.25) is 0 Å². The summed E-state index contributed by atoms with van der Waals surface area (Å²) in [6.07, 6.45) is 0.0731. The van der Waals surface area contributed by atoms with Crippen molar-refractivity contribution < 1.29 is 14.0 Å². The van der Waals surface area contributed by atoms with E-state index in [1.54, 1.807) is 6.07 Å². The summed E-state index contributed by atoms with van der Waals surface area (Å²) in [6.45, 7) is 3.95. The second-order valence-corrected chi connectivity index (χ2v) is 8.92. The predicted molar refractivity (Wildman–Crippen MR) is 107 cm³/mol. The fourth-order valence-corrected chi connectivity index (χ4v) is 4.70. The van der Waals surface area contributed by atoms with Crippen molar-refractivity contribution in [2.24, 2.45) is 0 Å². The van der Waals surface area contributed by atoms with Gasteiger partial charge < -0.3 is 10.6 Å². The van der Waals surface area contributed by atoms with Gasteiger partial charge in [0.15, 0.2) is 4.34 Å². The van der Waals surface area contributed by atoms with E-state index in [1.807, 2.05) is 17.9 Å². The van der Waals surface area contributed by atoms with Crippen LogP contribution in [-0.2, 0) is 16.1 Å². The fraction of sp³-hybridized carbons (Fsp3) is 0.444. The van der Waals surface area contributed by atoms with Gasteiger partial charge in [0.2, 0.25) is 11.8 Å². The summed E-state index contributed by atoms with van der Waals surface area (Å²) < 4.78 is 14.3. The minimum Gasteiger partial charge on any atom is -0.355 e. The number of benzene rings is 1. The van der Waals surface area contributed by atoms with Gasteiger partial charge in [0.1, 0.15) is 10.8 Å². The number of carbonyl (C=O) groups excluding carboxylic acids is 2. The summed E-state index contributed by atoms with van der Waals surface area (Å²) in [5, 5.41) is 14.5. The number of hydrogen-bond acceptors (Lipinski definition) is 7. The number of aryl methyl sites for hydroxylation is 1. The number of halogens is 1. The Kier molecular flexibility index (Phi) is 7.35. The second-order valence-electron chi connectivity index (χ2n) is 6.40. The normalized spacial score (nSPS) is 17.4. The Balaban J connectivity index is 1.49. The van der Waals surface area contributed by atoms with Crippen LogP contribution in [0.5, 0.6) is 0 Å². The van der Waals surface area contributed by atoms with Crippen LogP contribution < -0.4 is 10.6 Å². The van der Waals surface area contributed by atoms with Gasteiger partial charge in [0, 0.05) is 31.9 Å². The van der Waals surface area contributed by atoms with Crippen LogP contribution in [-0.4, -0.2) is 58.3 Å². The molecular weight excluding hydrogens is 401 g/mol. The molecule has 1 unspecified atom stereocenters. The van der Waals surface area contributed by atoms with Gasteiger partial charge in [-0.05, 0) is 24.6 Å². The van der Waals surface area contributed by atoms with Crippen molar-refractivity contribution in [1.82, 2.24) is 25.7 Å². The minimum atomic E-state index is -0.560. The number of piperazine rings is 1. The highest BCUT2D eigenvalue weighted by Gasteiger charge is 2.31. The summed E-state index contributed by atoms with van der Waals surface area (Å²) in [6, 6.07) is 5.75. The van der Waals surface area contributed by atoms with Gasteiger partial charge in [-0.25, -0.2) is 4.39 Å². The molecule has 2 N–H and O–H groups in total. The van der Waals surface area contributed by atoms with Crippen molar-refractivity contribution in [3.63, 3.8) is 0 Å². The van der Waals surface area contributed by atoms with E-state index in [2.05, 4.69) is 20.8 Å². The van der Waals surface area contributed by atoms with E-state index in [-0.39, 0.29) is 24.1 Å². The third kappa shape index (κ3) is 5.98. The standard InChI is InChI=1S/C18H22FN5O2S2/c1-12-22-23-18(28-12)27-8-6-20-16(25)10-15-17(26)21-5-7-24(15)11-13-3-2-4-14(19)9-13/h2-4,9,15H,5-8,10-11H2,1H3,(H,20,25)(H,21,26). The molecular formula is C18H22FN5O2S2. The Morgan fingerprint density at radius 1 is 1.46 bits per heavy atom. The number of hydrogen-bond donors (Lipinski definition) is 2. The lowest BCUT2D eigenvalue weighted by Gasteiger charge is -2.34. The highest BCUT2D eigenvalue weighted by Crippen LogP contribution is 2.21. The average Bonchev–Trinajstić information content (AvgIpc) is 3.07. The van der Waals surface area contributed by atoms with Crippen molar-refractivity contribution in [3.8, 4) is 0 Å². The maximum Gasteiger partial charge on any atom is 0.237 e. The molecule has 1 aliphatic heterocycles. The quantitative estimate of drug-likeness (QED) is 0.495. The summed E-state index contributed by atoms with van der Waals surface area (Å²) in [4.78, 5) is 26.5. The Hall–Kier alpha value is -2.04. The van der Waals surface area contributed by atoms with Gasteiger partial charge in [0.25, 0.3) is 0 Å². The number of nitrogens with one attached hydrogen (secondary N) is 2. The second kappa shape index (κ2) is 9.94. The Morgan fingerprint density at radius 2 is 2.32 bits per heavy atom. The van der Waals surface area contributed by atoms with Crippen LogP contribution in [0.4, 0.5) is 4.39 Å². The van der Waals surface area contributed by atoms with Gasteiger partial charge in [-0.3, -0.25) is 14.5 Å². The van der Waals surface area contributed by atoms with Crippen molar-refractivity contribution >= 4 is 34.9 Å². The highest BCUT2D eigenvalue weighted by atomic mass is 32.2. The van der Waals surface area contributed by atoms with Crippen LogP contribution in [0.25, 0.3) is 0 Å². The largest absolute Gasteiger partial charge is 0.355 e. The van der Waals surface area contributed by atoms with Crippen molar-refractivity contribution in [2.45, 2.75) is 30.3 Å². The van der Waals surface area contributed by atoms with Gasteiger partial charge in [-0.15, -0.1) is 10.2 Å². The monoisotopic (exact) mass is 423 g/mol. The maximum atomic E-state index is 13.4. The van der Waals surface area contributed by atoms with Gasteiger partial charge >= 0.3 is 0 Å².